The molecule has 0 saturated carbocycles. The van der Waals surface area contributed by atoms with Crippen LogP contribution in [0.25, 0.3) is 0 Å². The lowest BCUT2D eigenvalue weighted by Gasteiger charge is -2.25. The number of aliphatic imine (C=N–C) groups is 1. The van der Waals surface area contributed by atoms with Crippen molar-refractivity contribution in [1.82, 2.24) is 0 Å². The Kier molecular flexibility index (Phi) is 5.98. The van der Waals surface area contributed by atoms with E-state index in [9.17, 15) is 13.2 Å². The molecule has 1 amide bonds. The van der Waals surface area contributed by atoms with E-state index in [1.807, 2.05) is 49.1 Å². The van der Waals surface area contributed by atoms with Gasteiger partial charge in [-0.25, -0.2) is 8.42 Å². The van der Waals surface area contributed by atoms with Gasteiger partial charge in [-0.15, -0.1) is 0 Å². The second-order valence-electron chi connectivity index (χ2n) is 7.85. The second kappa shape index (κ2) is 8.55. The molecule has 0 aromatic heterocycles. The third-order valence-corrected chi connectivity index (χ3v) is 8.74. The van der Waals surface area contributed by atoms with Crippen LogP contribution in [0.3, 0.4) is 0 Å². The quantitative estimate of drug-likeness (QED) is 0.740. The Morgan fingerprint density at radius 1 is 1.19 bits per heavy atom. The number of fused-ring (bicyclic) bond motifs is 1. The second-order valence-corrected chi connectivity index (χ2v) is 11.2. The monoisotopic (exact) mass is 459 g/mol. The van der Waals surface area contributed by atoms with Crippen molar-refractivity contribution in [3.63, 3.8) is 0 Å². The van der Waals surface area contributed by atoms with Gasteiger partial charge < -0.3 is 15.0 Å². The van der Waals surface area contributed by atoms with E-state index in [-0.39, 0.29) is 35.2 Å². The fourth-order valence-electron chi connectivity index (χ4n) is 3.68. The first kappa shape index (κ1) is 21.7. The Morgan fingerprint density at radius 2 is 2.00 bits per heavy atom. The predicted molar refractivity (Wildman–Crippen MR) is 126 cm³/mol. The maximum absolute atomic E-state index is 12.9. The molecular formula is C22H25N3O4S2. The molecule has 0 aliphatic carbocycles. The molecule has 0 bridgehead atoms. The molecule has 2 aromatic carbocycles. The molecule has 2 unspecified atom stereocenters. The van der Waals surface area contributed by atoms with E-state index in [4.69, 9.17) is 4.74 Å². The van der Waals surface area contributed by atoms with E-state index in [1.54, 1.807) is 19.2 Å². The zero-order chi connectivity index (χ0) is 22.2. The fraction of sp³-hybridized carbons (Fsp3) is 0.364. The van der Waals surface area contributed by atoms with E-state index in [1.165, 1.54) is 11.8 Å². The van der Waals surface area contributed by atoms with Crippen LogP contribution in [0.5, 0.6) is 5.75 Å². The first-order valence-corrected chi connectivity index (χ1v) is 12.7. The first-order valence-electron chi connectivity index (χ1n) is 9.98. The smallest absolute Gasteiger partial charge is 0.244 e. The van der Waals surface area contributed by atoms with Crippen molar-refractivity contribution in [1.29, 1.82) is 0 Å². The number of benzene rings is 2. The molecule has 2 heterocycles. The van der Waals surface area contributed by atoms with Crippen LogP contribution in [0, 0.1) is 13.8 Å². The van der Waals surface area contributed by atoms with Crippen LogP contribution in [0.2, 0.25) is 0 Å². The maximum atomic E-state index is 12.9. The number of ether oxygens (including phenoxy) is 1. The number of carbonyl (C=O) groups is 1. The summed E-state index contributed by atoms with van der Waals surface area (Å²) in [5, 5.41) is 3.51. The van der Waals surface area contributed by atoms with Crippen LogP contribution < -0.4 is 15.0 Å². The molecular weight excluding hydrogens is 434 g/mol. The Labute approximate surface area is 186 Å². The number of amides is 1. The standard InChI is InChI=1S/C22H25N3O4S2/c1-14-7-8-17(9-15(14)2)25(22-24-19-12-31(27,28)13-20(19)30-22)11-21(26)23-16-5-4-6-18(10-16)29-3/h4-10,19-20H,11-13H2,1-3H3,(H,23,26). The highest BCUT2D eigenvalue weighted by Gasteiger charge is 2.44. The number of nitrogens with one attached hydrogen (secondary N) is 1. The van der Waals surface area contributed by atoms with Crippen molar-refractivity contribution >= 4 is 44.0 Å². The highest BCUT2D eigenvalue weighted by atomic mass is 32.2. The first-order chi connectivity index (χ1) is 14.7. The molecule has 1 fully saturated rings. The highest BCUT2D eigenvalue weighted by Crippen LogP contribution is 2.37. The fourth-order valence-corrected chi connectivity index (χ4v) is 7.46. The number of anilines is 2. The minimum atomic E-state index is -3.04. The van der Waals surface area contributed by atoms with Crippen LogP contribution in [0.1, 0.15) is 11.1 Å². The van der Waals surface area contributed by atoms with Gasteiger partial charge in [0.05, 0.1) is 24.7 Å². The number of aryl methyl sites for hydroxylation is 2. The summed E-state index contributed by atoms with van der Waals surface area (Å²) >= 11 is 1.45. The summed E-state index contributed by atoms with van der Waals surface area (Å²) in [4.78, 5) is 19.5. The molecule has 2 aliphatic heterocycles. The third kappa shape index (κ3) is 4.88. The Morgan fingerprint density at radius 3 is 2.71 bits per heavy atom. The molecule has 4 rings (SSSR count). The summed E-state index contributed by atoms with van der Waals surface area (Å²) in [6.07, 6.45) is 0. The largest absolute Gasteiger partial charge is 0.497 e. The summed E-state index contributed by atoms with van der Waals surface area (Å²) in [6, 6.07) is 13.0. The summed E-state index contributed by atoms with van der Waals surface area (Å²) in [7, 11) is -1.46. The van der Waals surface area contributed by atoms with Crippen LogP contribution in [-0.4, -0.2) is 55.9 Å². The van der Waals surface area contributed by atoms with Crippen molar-refractivity contribution < 1.29 is 17.9 Å². The van der Waals surface area contributed by atoms with Crippen LogP contribution in [0.15, 0.2) is 47.5 Å². The van der Waals surface area contributed by atoms with Crippen molar-refractivity contribution in [3.05, 3.63) is 53.6 Å². The molecule has 2 atom stereocenters. The summed E-state index contributed by atoms with van der Waals surface area (Å²) in [5.41, 5.74) is 3.78. The van der Waals surface area contributed by atoms with Gasteiger partial charge in [0.1, 0.15) is 12.3 Å². The van der Waals surface area contributed by atoms with Gasteiger partial charge >= 0.3 is 0 Å². The molecule has 2 aromatic rings. The Hall–Kier alpha value is -2.52. The van der Waals surface area contributed by atoms with E-state index < -0.39 is 9.84 Å². The zero-order valence-corrected chi connectivity index (χ0v) is 19.3. The van der Waals surface area contributed by atoms with E-state index in [0.29, 0.717) is 16.6 Å². The molecule has 164 valence electrons. The molecule has 31 heavy (non-hydrogen) atoms. The Bertz CT molecular complexity index is 1150. The van der Waals surface area contributed by atoms with Gasteiger partial charge in [0.2, 0.25) is 5.91 Å². The average molecular weight is 460 g/mol. The van der Waals surface area contributed by atoms with Gasteiger partial charge in [-0.2, -0.15) is 0 Å². The number of amidine groups is 1. The molecule has 1 saturated heterocycles. The highest BCUT2D eigenvalue weighted by molar-refractivity contribution is 8.15. The summed E-state index contributed by atoms with van der Waals surface area (Å²) in [5.74, 6) is 0.671. The topological polar surface area (TPSA) is 88.1 Å². The van der Waals surface area contributed by atoms with Crippen LogP contribution >= 0.6 is 11.8 Å². The molecule has 9 heteroatoms. The van der Waals surface area contributed by atoms with Crippen molar-refractivity contribution in [2.45, 2.75) is 25.1 Å². The number of thioether (sulfide) groups is 1. The zero-order valence-electron chi connectivity index (χ0n) is 17.7. The number of carbonyl (C=O) groups excluding carboxylic acids is 1. The van der Waals surface area contributed by atoms with Crippen LogP contribution in [-0.2, 0) is 14.6 Å². The lowest BCUT2D eigenvalue weighted by Crippen LogP contribution is -2.36. The number of rotatable bonds is 5. The van der Waals surface area contributed by atoms with Gasteiger partial charge in [0.15, 0.2) is 15.0 Å². The normalized spacial score (nSPS) is 21.3. The maximum Gasteiger partial charge on any atom is 0.244 e. The minimum Gasteiger partial charge on any atom is -0.497 e. The van der Waals surface area contributed by atoms with E-state index in [2.05, 4.69) is 10.3 Å². The molecule has 1 N–H and O–H groups in total. The van der Waals surface area contributed by atoms with Gasteiger partial charge in [-0.1, -0.05) is 23.9 Å². The lowest BCUT2D eigenvalue weighted by atomic mass is 10.1. The van der Waals surface area contributed by atoms with Gasteiger partial charge in [-0.3, -0.25) is 9.79 Å². The Balaban J connectivity index is 1.58. The molecule has 0 radical (unpaired) electrons. The minimum absolute atomic E-state index is 0.0672. The van der Waals surface area contributed by atoms with Gasteiger partial charge in [0.25, 0.3) is 0 Å². The SMILES string of the molecule is COc1cccc(NC(=O)CN(C2=NC3CS(=O)(=O)CC3S2)c2ccc(C)c(C)c2)c1. The van der Waals surface area contributed by atoms with Crippen molar-refractivity contribution in [2.75, 3.05) is 35.4 Å². The predicted octanol–water partition coefficient (Wildman–Crippen LogP) is 3.03. The molecule has 0 spiro atoms. The van der Waals surface area contributed by atoms with Gasteiger partial charge in [0, 0.05) is 22.7 Å². The van der Waals surface area contributed by atoms with Crippen molar-refractivity contribution in [2.24, 2.45) is 4.99 Å². The van der Waals surface area contributed by atoms with E-state index in [0.717, 1.165) is 16.8 Å². The number of sulfone groups is 1. The lowest BCUT2D eigenvalue weighted by molar-refractivity contribution is -0.114. The number of methoxy groups -OCH3 is 1. The number of nitrogens with zero attached hydrogens (tertiary/aromatic N) is 2. The third-order valence-electron chi connectivity index (χ3n) is 5.49. The number of hydrogen-bond donors (Lipinski definition) is 1. The van der Waals surface area contributed by atoms with Crippen molar-refractivity contribution in [3.8, 4) is 5.75 Å². The van der Waals surface area contributed by atoms with E-state index >= 15 is 0 Å². The number of hydrogen-bond acceptors (Lipinski definition) is 7. The molecule has 2 aliphatic rings. The molecule has 7 nitrogen and oxygen atoms in total. The van der Waals surface area contributed by atoms with Gasteiger partial charge in [-0.05, 0) is 49.2 Å². The average Bonchev–Trinajstić information content (AvgIpc) is 3.22. The summed E-state index contributed by atoms with van der Waals surface area (Å²) in [6.45, 7) is 4.13. The summed E-state index contributed by atoms with van der Waals surface area (Å²) < 4.78 is 29.1. The van der Waals surface area contributed by atoms with Crippen LogP contribution in [0.4, 0.5) is 11.4 Å².